The third-order valence-corrected chi connectivity index (χ3v) is 4.33. The van der Waals surface area contributed by atoms with Gasteiger partial charge in [-0.05, 0) is 38.1 Å². The molecule has 1 aromatic rings. The Morgan fingerprint density at radius 3 is 1.88 bits per heavy atom. The van der Waals surface area contributed by atoms with E-state index in [2.05, 4.69) is 0 Å². The van der Waals surface area contributed by atoms with Gasteiger partial charge in [0, 0.05) is 44.8 Å². The maximum atomic E-state index is 12.6. The largest absolute Gasteiger partial charge is 0.416 e. The minimum atomic E-state index is -4.42. The summed E-state index contributed by atoms with van der Waals surface area (Å²) in [5.41, 5.74) is -0.560. The van der Waals surface area contributed by atoms with Crippen molar-refractivity contribution < 1.29 is 22.8 Å². The molecule has 0 saturated carbocycles. The average Bonchev–Trinajstić information content (AvgIpc) is 2.61. The molecule has 0 unspecified atom stereocenters. The van der Waals surface area contributed by atoms with Crippen LogP contribution in [0.15, 0.2) is 24.3 Å². The first-order chi connectivity index (χ1) is 11.8. The van der Waals surface area contributed by atoms with Crippen LogP contribution in [-0.2, 0) is 6.18 Å². The second-order valence-corrected chi connectivity index (χ2v) is 5.81. The molecule has 0 atom stereocenters. The van der Waals surface area contributed by atoms with Crippen LogP contribution in [0, 0.1) is 0 Å². The molecular weight excluding hydrogens is 335 g/mol. The molecule has 1 aromatic carbocycles. The SMILES string of the molecule is CCN(CC)C(=O)N1CCN(C(=O)c2ccc(C(F)(F)F)cc2)CC1. The molecule has 1 saturated heterocycles. The summed E-state index contributed by atoms with van der Waals surface area (Å²) >= 11 is 0. The Bertz CT molecular complexity index is 605. The number of alkyl halides is 3. The van der Waals surface area contributed by atoms with Crippen LogP contribution in [0.2, 0.25) is 0 Å². The lowest BCUT2D eigenvalue weighted by Crippen LogP contribution is -2.54. The van der Waals surface area contributed by atoms with E-state index >= 15 is 0 Å². The minimum absolute atomic E-state index is 0.0494. The minimum Gasteiger partial charge on any atom is -0.335 e. The van der Waals surface area contributed by atoms with Crippen molar-refractivity contribution >= 4 is 11.9 Å². The first-order valence-corrected chi connectivity index (χ1v) is 8.28. The summed E-state index contributed by atoms with van der Waals surface area (Å²) in [6.07, 6.45) is -4.42. The van der Waals surface area contributed by atoms with Crippen LogP contribution in [0.25, 0.3) is 0 Å². The standard InChI is InChI=1S/C17H22F3N3O2/c1-3-21(4-2)16(25)23-11-9-22(10-12-23)15(24)13-5-7-14(8-6-13)17(18,19)20/h5-8H,3-4,9-12H2,1-2H3. The molecule has 2 rings (SSSR count). The third kappa shape index (κ3) is 4.43. The number of rotatable bonds is 3. The Kier molecular flexibility index (Phi) is 5.92. The molecule has 25 heavy (non-hydrogen) atoms. The van der Waals surface area contributed by atoms with E-state index in [1.54, 1.807) is 14.7 Å². The second kappa shape index (κ2) is 7.76. The van der Waals surface area contributed by atoms with E-state index in [4.69, 9.17) is 0 Å². The molecular formula is C17H22F3N3O2. The first kappa shape index (κ1) is 19.1. The number of piperazine rings is 1. The van der Waals surface area contributed by atoms with Crippen molar-refractivity contribution in [2.24, 2.45) is 0 Å². The van der Waals surface area contributed by atoms with E-state index < -0.39 is 11.7 Å². The summed E-state index contributed by atoms with van der Waals surface area (Å²) < 4.78 is 37.7. The van der Waals surface area contributed by atoms with Crippen molar-refractivity contribution in [3.05, 3.63) is 35.4 Å². The molecule has 0 radical (unpaired) electrons. The zero-order valence-corrected chi connectivity index (χ0v) is 14.3. The van der Waals surface area contributed by atoms with Gasteiger partial charge in [-0.15, -0.1) is 0 Å². The van der Waals surface area contributed by atoms with Gasteiger partial charge in [-0.3, -0.25) is 4.79 Å². The smallest absolute Gasteiger partial charge is 0.335 e. The highest BCUT2D eigenvalue weighted by atomic mass is 19.4. The molecule has 0 aromatic heterocycles. The fraction of sp³-hybridized carbons (Fsp3) is 0.529. The molecule has 3 amide bonds. The van der Waals surface area contributed by atoms with E-state index in [1.807, 2.05) is 13.8 Å². The summed E-state index contributed by atoms with van der Waals surface area (Å²) in [4.78, 5) is 29.7. The molecule has 138 valence electrons. The van der Waals surface area contributed by atoms with Crippen molar-refractivity contribution in [2.75, 3.05) is 39.3 Å². The number of hydrogen-bond acceptors (Lipinski definition) is 2. The van der Waals surface area contributed by atoms with E-state index in [1.165, 1.54) is 12.1 Å². The molecule has 8 heteroatoms. The van der Waals surface area contributed by atoms with Crippen molar-refractivity contribution in [3.63, 3.8) is 0 Å². The molecule has 0 bridgehead atoms. The number of carbonyl (C=O) groups excluding carboxylic acids is 2. The number of carbonyl (C=O) groups is 2. The zero-order valence-electron chi connectivity index (χ0n) is 14.3. The van der Waals surface area contributed by atoms with Crippen LogP contribution in [0.1, 0.15) is 29.8 Å². The second-order valence-electron chi connectivity index (χ2n) is 5.81. The van der Waals surface area contributed by atoms with E-state index in [0.717, 1.165) is 12.1 Å². The summed E-state index contributed by atoms with van der Waals surface area (Å²) in [6.45, 7) is 6.64. The number of benzene rings is 1. The Morgan fingerprint density at radius 1 is 0.960 bits per heavy atom. The predicted octanol–water partition coefficient (Wildman–Crippen LogP) is 2.93. The van der Waals surface area contributed by atoms with Crippen molar-refractivity contribution in [2.45, 2.75) is 20.0 Å². The number of halogens is 3. The summed E-state index contributed by atoms with van der Waals surface area (Å²) in [7, 11) is 0. The Balaban J connectivity index is 1.96. The topological polar surface area (TPSA) is 43.9 Å². The first-order valence-electron chi connectivity index (χ1n) is 8.28. The maximum absolute atomic E-state index is 12.6. The highest BCUT2D eigenvalue weighted by Crippen LogP contribution is 2.29. The Hall–Kier alpha value is -2.25. The van der Waals surface area contributed by atoms with Crippen molar-refractivity contribution in [1.82, 2.24) is 14.7 Å². The van der Waals surface area contributed by atoms with Gasteiger partial charge in [0.15, 0.2) is 0 Å². The fourth-order valence-electron chi connectivity index (χ4n) is 2.78. The molecule has 0 spiro atoms. The van der Waals surface area contributed by atoms with Crippen LogP contribution >= 0.6 is 0 Å². The quantitative estimate of drug-likeness (QED) is 0.835. The van der Waals surface area contributed by atoms with Gasteiger partial charge in [-0.25, -0.2) is 4.79 Å². The van der Waals surface area contributed by atoms with E-state index in [9.17, 15) is 22.8 Å². The molecule has 1 aliphatic heterocycles. The number of nitrogens with zero attached hydrogens (tertiary/aromatic N) is 3. The Morgan fingerprint density at radius 2 is 1.44 bits per heavy atom. The maximum Gasteiger partial charge on any atom is 0.416 e. The normalized spacial score (nSPS) is 15.2. The van der Waals surface area contributed by atoms with Gasteiger partial charge in [-0.1, -0.05) is 0 Å². The molecule has 0 aliphatic carbocycles. The lowest BCUT2D eigenvalue weighted by atomic mass is 10.1. The lowest BCUT2D eigenvalue weighted by Gasteiger charge is -2.37. The van der Waals surface area contributed by atoms with Crippen LogP contribution in [-0.4, -0.2) is 65.9 Å². The van der Waals surface area contributed by atoms with Gasteiger partial charge in [0.05, 0.1) is 5.56 Å². The molecule has 0 N–H and O–H groups in total. The molecule has 5 nitrogen and oxygen atoms in total. The lowest BCUT2D eigenvalue weighted by molar-refractivity contribution is -0.137. The molecule has 1 fully saturated rings. The van der Waals surface area contributed by atoms with Crippen LogP contribution in [0.3, 0.4) is 0 Å². The number of hydrogen-bond donors (Lipinski definition) is 0. The molecule has 1 aliphatic rings. The van der Waals surface area contributed by atoms with Crippen LogP contribution < -0.4 is 0 Å². The van der Waals surface area contributed by atoms with Gasteiger partial charge in [0.1, 0.15) is 0 Å². The van der Waals surface area contributed by atoms with Crippen molar-refractivity contribution in [1.29, 1.82) is 0 Å². The van der Waals surface area contributed by atoms with E-state index in [0.29, 0.717) is 39.3 Å². The summed E-state index contributed by atoms with van der Waals surface area (Å²) in [5.74, 6) is -0.316. The number of urea groups is 1. The zero-order chi connectivity index (χ0) is 18.6. The van der Waals surface area contributed by atoms with Crippen LogP contribution in [0.4, 0.5) is 18.0 Å². The molecule has 1 heterocycles. The van der Waals surface area contributed by atoms with Crippen molar-refractivity contribution in [3.8, 4) is 0 Å². The van der Waals surface area contributed by atoms with Gasteiger partial charge in [0.25, 0.3) is 5.91 Å². The van der Waals surface area contributed by atoms with Gasteiger partial charge < -0.3 is 14.7 Å². The average molecular weight is 357 g/mol. The van der Waals surface area contributed by atoms with Gasteiger partial charge in [0.2, 0.25) is 0 Å². The highest BCUT2D eigenvalue weighted by Gasteiger charge is 2.31. The Labute approximate surface area is 145 Å². The third-order valence-electron chi connectivity index (χ3n) is 4.33. The predicted molar refractivity (Wildman–Crippen MR) is 87.2 cm³/mol. The van der Waals surface area contributed by atoms with Gasteiger partial charge in [-0.2, -0.15) is 13.2 Å². The number of amides is 3. The summed E-state index contributed by atoms with van der Waals surface area (Å²) in [6, 6.07) is 4.16. The fourth-order valence-corrected chi connectivity index (χ4v) is 2.78. The monoisotopic (exact) mass is 357 g/mol. The highest BCUT2D eigenvalue weighted by molar-refractivity contribution is 5.94. The summed E-state index contributed by atoms with van der Waals surface area (Å²) in [5, 5.41) is 0. The van der Waals surface area contributed by atoms with Gasteiger partial charge >= 0.3 is 12.2 Å². The van der Waals surface area contributed by atoms with E-state index in [-0.39, 0.29) is 17.5 Å². The van der Waals surface area contributed by atoms with Crippen LogP contribution in [0.5, 0.6) is 0 Å².